The number of H-pyrrole nitrogens is 1. The molecule has 0 saturated heterocycles. The van der Waals surface area contributed by atoms with Gasteiger partial charge in [0.05, 0.1) is 30.7 Å². The van der Waals surface area contributed by atoms with Crippen LogP contribution in [0.25, 0.3) is 10.9 Å². The van der Waals surface area contributed by atoms with Crippen molar-refractivity contribution in [2.24, 2.45) is 0 Å². The van der Waals surface area contributed by atoms with Gasteiger partial charge in [-0.15, -0.1) is 0 Å². The minimum Gasteiger partial charge on any atom is -0.496 e. The fraction of sp³-hybridized carbons (Fsp3) is 0.182. The average molecular weight is 202 g/mol. The Bertz CT molecular complexity index is 537. The molecule has 0 radical (unpaired) electrons. The number of rotatable bonds is 2. The summed E-state index contributed by atoms with van der Waals surface area (Å²) >= 11 is 0. The van der Waals surface area contributed by atoms with Crippen LogP contribution in [0.15, 0.2) is 18.3 Å². The first kappa shape index (κ1) is 9.41. The lowest BCUT2D eigenvalue weighted by Gasteiger charge is -2.05. The number of ether oxygens (including phenoxy) is 2. The van der Waals surface area contributed by atoms with Crippen LogP contribution in [0.1, 0.15) is 5.56 Å². The maximum absolute atomic E-state index is 8.94. The van der Waals surface area contributed by atoms with Crippen LogP contribution in [0.3, 0.4) is 0 Å². The number of methoxy groups -OCH3 is 2. The SMILES string of the molecule is COc1ccc(OC)c2c(C#N)c[nH]c12. The molecular formula is C11H10N2O2. The van der Waals surface area contributed by atoms with Gasteiger partial charge in [-0.05, 0) is 12.1 Å². The van der Waals surface area contributed by atoms with Crippen molar-refractivity contribution >= 4 is 10.9 Å². The smallest absolute Gasteiger partial charge is 0.143 e. The Hall–Kier alpha value is -2.15. The summed E-state index contributed by atoms with van der Waals surface area (Å²) in [5, 5.41) is 9.70. The maximum Gasteiger partial charge on any atom is 0.143 e. The van der Waals surface area contributed by atoms with E-state index >= 15 is 0 Å². The Morgan fingerprint density at radius 3 is 2.47 bits per heavy atom. The van der Waals surface area contributed by atoms with Gasteiger partial charge in [0, 0.05) is 6.20 Å². The van der Waals surface area contributed by atoms with E-state index in [1.54, 1.807) is 32.5 Å². The number of hydrogen-bond donors (Lipinski definition) is 1. The zero-order valence-electron chi connectivity index (χ0n) is 8.50. The molecule has 0 saturated carbocycles. The molecule has 76 valence electrons. The molecular weight excluding hydrogens is 192 g/mol. The largest absolute Gasteiger partial charge is 0.496 e. The molecule has 0 fully saturated rings. The first-order chi connectivity index (χ1) is 7.31. The van der Waals surface area contributed by atoms with E-state index in [9.17, 15) is 0 Å². The van der Waals surface area contributed by atoms with Crippen LogP contribution in [-0.2, 0) is 0 Å². The third-order valence-corrected chi connectivity index (χ3v) is 2.32. The number of aromatic nitrogens is 1. The minimum atomic E-state index is 0.556. The first-order valence-corrected chi connectivity index (χ1v) is 4.44. The molecule has 0 unspecified atom stereocenters. The molecule has 0 aliphatic rings. The average Bonchev–Trinajstić information content (AvgIpc) is 2.71. The molecule has 15 heavy (non-hydrogen) atoms. The molecule has 0 atom stereocenters. The standard InChI is InChI=1S/C11H10N2O2/c1-14-8-3-4-9(15-2)11-10(8)7(5-12)6-13-11/h3-4,6,13H,1-2H3. The maximum atomic E-state index is 8.94. The first-order valence-electron chi connectivity index (χ1n) is 4.44. The van der Waals surface area contributed by atoms with Crippen molar-refractivity contribution in [2.45, 2.75) is 0 Å². The van der Waals surface area contributed by atoms with E-state index < -0.39 is 0 Å². The Morgan fingerprint density at radius 2 is 1.87 bits per heavy atom. The minimum absolute atomic E-state index is 0.556. The van der Waals surface area contributed by atoms with Crippen LogP contribution >= 0.6 is 0 Å². The van der Waals surface area contributed by atoms with Crippen molar-refractivity contribution in [2.75, 3.05) is 14.2 Å². The molecule has 0 aliphatic heterocycles. The number of benzene rings is 1. The van der Waals surface area contributed by atoms with Crippen molar-refractivity contribution in [1.29, 1.82) is 5.26 Å². The summed E-state index contributed by atoms with van der Waals surface area (Å²) in [6, 6.07) is 5.70. The summed E-state index contributed by atoms with van der Waals surface area (Å²) in [7, 11) is 3.17. The van der Waals surface area contributed by atoms with E-state index in [2.05, 4.69) is 11.1 Å². The second kappa shape index (κ2) is 3.54. The van der Waals surface area contributed by atoms with Gasteiger partial charge in [0.1, 0.15) is 17.6 Å². The van der Waals surface area contributed by atoms with Gasteiger partial charge >= 0.3 is 0 Å². The van der Waals surface area contributed by atoms with Crippen molar-refractivity contribution in [3.63, 3.8) is 0 Å². The van der Waals surface area contributed by atoms with Gasteiger partial charge in [-0.25, -0.2) is 0 Å². The third kappa shape index (κ3) is 1.29. The molecule has 0 spiro atoms. The highest BCUT2D eigenvalue weighted by molar-refractivity contribution is 5.95. The van der Waals surface area contributed by atoms with Crippen LogP contribution in [-0.4, -0.2) is 19.2 Å². The van der Waals surface area contributed by atoms with Gasteiger partial charge in [0.25, 0.3) is 0 Å². The Kier molecular flexibility index (Phi) is 2.22. The number of hydrogen-bond acceptors (Lipinski definition) is 3. The topological polar surface area (TPSA) is 58.0 Å². The summed E-state index contributed by atoms with van der Waals surface area (Å²) in [4.78, 5) is 3.01. The van der Waals surface area contributed by atoms with Crippen molar-refractivity contribution in [3.8, 4) is 17.6 Å². The molecule has 1 heterocycles. The van der Waals surface area contributed by atoms with Crippen LogP contribution in [0.4, 0.5) is 0 Å². The third-order valence-electron chi connectivity index (χ3n) is 2.32. The second-order valence-corrected chi connectivity index (χ2v) is 3.03. The molecule has 2 rings (SSSR count). The van der Waals surface area contributed by atoms with Crippen molar-refractivity contribution in [3.05, 3.63) is 23.9 Å². The summed E-state index contributed by atoms with van der Waals surface area (Å²) in [5.41, 5.74) is 1.34. The van der Waals surface area contributed by atoms with Gasteiger partial charge in [-0.3, -0.25) is 0 Å². The van der Waals surface area contributed by atoms with Crippen LogP contribution in [0, 0.1) is 11.3 Å². The van der Waals surface area contributed by atoms with Gasteiger partial charge in [-0.2, -0.15) is 5.26 Å². The summed E-state index contributed by atoms with van der Waals surface area (Å²) in [5.74, 6) is 1.37. The second-order valence-electron chi connectivity index (χ2n) is 3.03. The molecule has 4 nitrogen and oxygen atoms in total. The number of nitrogens with zero attached hydrogens (tertiary/aromatic N) is 1. The summed E-state index contributed by atoms with van der Waals surface area (Å²) in [6.45, 7) is 0. The summed E-state index contributed by atoms with van der Waals surface area (Å²) in [6.07, 6.45) is 1.65. The number of nitrogens with one attached hydrogen (secondary N) is 1. The van der Waals surface area contributed by atoms with Crippen LogP contribution < -0.4 is 9.47 Å². The van der Waals surface area contributed by atoms with E-state index in [-0.39, 0.29) is 0 Å². The van der Waals surface area contributed by atoms with Gasteiger partial charge in [-0.1, -0.05) is 0 Å². The summed E-state index contributed by atoms with van der Waals surface area (Å²) < 4.78 is 10.4. The highest BCUT2D eigenvalue weighted by Gasteiger charge is 2.12. The van der Waals surface area contributed by atoms with E-state index in [4.69, 9.17) is 14.7 Å². The Labute approximate surface area is 87.0 Å². The molecule has 2 aromatic rings. The van der Waals surface area contributed by atoms with Crippen LogP contribution in [0.2, 0.25) is 0 Å². The molecule has 4 heteroatoms. The van der Waals surface area contributed by atoms with E-state index in [1.807, 2.05) is 0 Å². The lowest BCUT2D eigenvalue weighted by molar-refractivity contribution is 0.410. The Balaban J connectivity index is 2.84. The number of nitriles is 1. The van der Waals surface area contributed by atoms with Gasteiger partial charge in [0.15, 0.2) is 0 Å². The monoisotopic (exact) mass is 202 g/mol. The Morgan fingerprint density at radius 1 is 1.20 bits per heavy atom. The molecule has 0 bridgehead atoms. The van der Waals surface area contributed by atoms with E-state index in [0.717, 1.165) is 10.9 Å². The molecule has 1 aromatic heterocycles. The predicted octanol–water partition coefficient (Wildman–Crippen LogP) is 2.06. The molecule has 1 aromatic carbocycles. The lowest BCUT2D eigenvalue weighted by Crippen LogP contribution is -1.88. The highest BCUT2D eigenvalue weighted by atomic mass is 16.5. The number of aromatic amines is 1. The van der Waals surface area contributed by atoms with Gasteiger partial charge in [0.2, 0.25) is 0 Å². The highest BCUT2D eigenvalue weighted by Crippen LogP contribution is 2.34. The fourth-order valence-electron chi connectivity index (χ4n) is 1.62. The van der Waals surface area contributed by atoms with Gasteiger partial charge < -0.3 is 14.5 Å². The zero-order valence-corrected chi connectivity index (χ0v) is 8.50. The van der Waals surface area contributed by atoms with Crippen LogP contribution in [0.5, 0.6) is 11.5 Å². The van der Waals surface area contributed by atoms with Crippen molar-refractivity contribution < 1.29 is 9.47 Å². The fourth-order valence-corrected chi connectivity index (χ4v) is 1.62. The molecule has 0 amide bonds. The molecule has 1 N–H and O–H groups in total. The zero-order chi connectivity index (χ0) is 10.8. The number of fused-ring (bicyclic) bond motifs is 1. The normalized spacial score (nSPS) is 9.93. The van der Waals surface area contributed by atoms with Crippen molar-refractivity contribution in [1.82, 2.24) is 4.98 Å². The van der Waals surface area contributed by atoms with E-state index in [0.29, 0.717) is 17.1 Å². The quantitative estimate of drug-likeness (QED) is 0.810. The van der Waals surface area contributed by atoms with E-state index in [1.165, 1.54) is 0 Å². The predicted molar refractivity (Wildman–Crippen MR) is 56.1 cm³/mol. The lowest BCUT2D eigenvalue weighted by atomic mass is 10.1. The molecule has 0 aliphatic carbocycles.